The van der Waals surface area contributed by atoms with E-state index in [1.807, 2.05) is 13.0 Å². The van der Waals surface area contributed by atoms with E-state index in [-0.39, 0.29) is 11.2 Å². The molecule has 0 fully saturated rings. The lowest BCUT2D eigenvalue weighted by Gasteiger charge is -2.28. The van der Waals surface area contributed by atoms with E-state index in [0.29, 0.717) is 12.2 Å². The molecule has 150 valence electrons. The third kappa shape index (κ3) is 2.89. The van der Waals surface area contributed by atoms with Gasteiger partial charge >= 0.3 is 0 Å². The average Bonchev–Trinajstić information content (AvgIpc) is 2.95. The predicted molar refractivity (Wildman–Crippen MR) is 120 cm³/mol. The van der Waals surface area contributed by atoms with E-state index in [4.69, 9.17) is 4.74 Å². The van der Waals surface area contributed by atoms with E-state index >= 15 is 0 Å². The van der Waals surface area contributed by atoms with Crippen molar-refractivity contribution in [1.29, 1.82) is 0 Å². The normalized spacial score (nSPS) is 16.7. The molecule has 1 heterocycles. The van der Waals surface area contributed by atoms with Gasteiger partial charge in [0.25, 0.3) is 5.43 Å². The third-order valence-corrected chi connectivity index (χ3v) is 5.96. The van der Waals surface area contributed by atoms with Gasteiger partial charge in [0, 0.05) is 23.3 Å². The van der Waals surface area contributed by atoms with Crippen LogP contribution < -0.4 is 20.5 Å². The first-order valence-electron chi connectivity index (χ1n) is 10.4. The Bertz CT molecular complexity index is 1180. The Morgan fingerprint density at radius 2 is 1.79 bits per heavy atom. The topological polar surface area (TPSA) is 46.6 Å². The molecule has 0 saturated heterocycles. The van der Waals surface area contributed by atoms with Crippen molar-refractivity contribution < 1.29 is 4.74 Å². The minimum atomic E-state index is -0.516. The molecule has 0 spiro atoms. The molecule has 4 nitrogen and oxygen atoms in total. The van der Waals surface area contributed by atoms with Gasteiger partial charge in [-0.1, -0.05) is 57.5 Å². The van der Waals surface area contributed by atoms with Crippen LogP contribution in [0.1, 0.15) is 51.7 Å². The summed E-state index contributed by atoms with van der Waals surface area (Å²) >= 11 is 0. The fourth-order valence-corrected chi connectivity index (χ4v) is 4.50. The average molecular weight is 389 g/mol. The van der Waals surface area contributed by atoms with Crippen molar-refractivity contribution in [2.24, 2.45) is 0 Å². The number of hydrogen-bond donors (Lipinski definition) is 0. The molecule has 29 heavy (non-hydrogen) atoms. The standard InChI is InChI=1S/C25H27NO3/c1-5-7-14-26-19-13-12-16-10-8-9-11-17(16)21(19)25(3,4)20(26)15-18-22(27)23(28)24(18)29-6-2/h8-13,15H,5-7,14H2,1-4H3/b20-15+. The zero-order valence-electron chi connectivity index (χ0n) is 17.5. The Labute approximate surface area is 171 Å². The summed E-state index contributed by atoms with van der Waals surface area (Å²) in [6.07, 6.45) is 4.01. The van der Waals surface area contributed by atoms with Crippen LogP contribution in [0.25, 0.3) is 16.8 Å². The van der Waals surface area contributed by atoms with Gasteiger partial charge in [-0.3, -0.25) is 9.59 Å². The van der Waals surface area contributed by atoms with E-state index in [0.717, 1.165) is 25.1 Å². The minimum Gasteiger partial charge on any atom is -0.489 e. The van der Waals surface area contributed by atoms with Gasteiger partial charge < -0.3 is 9.64 Å². The number of allylic oxidation sites excluding steroid dienone is 1. The molecule has 0 bridgehead atoms. The minimum absolute atomic E-state index is 0.206. The Balaban J connectivity index is 1.93. The summed E-state index contributed by atoms with van der Waals surface area (Å²) in [7, 11) is 0. The van der Waals surface area contributed by atoms with Crippen LogP contribution in [0, 0.1) is 0 Å². The number of nitrogens with zero attached hydrogens (tertiary/aromatic N) is 1. The number of hydrogen-bond acceptors (Lipinski definition) is 4. The number of unbranched alkanes of at least 4 members (excludes halogenated alkanes) is 1. The summed E-state index contributed by atoms with van der Waals surface area (Å²) in [4.78, 5) is 26.6. The zero-order chi connectivity index (χ0) is 20.8. The number of benzene rings is 2. The first-order valence-corrected chi connectivity index (χ1v) is 10.4. The molecule has 0 N–H and O–H groups in total. The molecule has 0 atom stereocenters. The first-order chi connectivity index (χ1) is 13.9. The second-order valence-electron chi connectivity index (χ2n) is 8.17. The van der Waals surface area contributed by atoms with Gasteiger partial charge in [-0.15, -0.1) is 0 Å². The predicted octanol–water partition coefficient (Wildman–Crippen LogP) is 4.77. The molecule has 4 heteroatoms. The van der Waals surface area contributed by atoms with Crippen molar-refractivity contribution >= 4 is 22.5 Å². The highest BCUT2D eigenvalue weighted by Gasteiger charge is 2.41. The molecule has 0 saturated carbocycles. The Kier molecular flexibility index (Phi) is 4.81. The van der Waals surface area contributed by atoms with Crippen LogP contribution in [0.4, 0.5) is 5.69 Å². The highest BCUT2D eigenvalue weighted by molar-refractivity contribution is 5.95. The lowest BCUT2D eigenvalue weighted by molar-refractivity contribution is 0.332. The van der Waals surface area contributed by atoms with E-state index in [1.54, 1.807) is 0 Å². The molecule has 3 aromatic rings. The van der Waals surface area contributed by atoms with E-state index in [2.05, 4.69) is 62.1 Å². The van der Waals surface area contributed by atoms with Crippen molar-refractivity contribution in [3.63, 3.8) is 0 Å². The van der Waals surface area contributed by atoms with Crippen molar-refractivity contribution in [2.75, 3.05) is 18.1 Å². The number of rotatable bonds is 6. The highest BCUT2D eigenvalue weighted by atomic mass is 16.5. The Morgan fingerprint density at radius 1 is 1.03 bits per heavy atom. The molecule has 1 aliphatic heterocycles. The van der Waals surface area contributed by atoms with E-state index < -0.39 is 10.9 Å². The SMILES string of the molecule is CCCCN1/C(=C/c2c(OCC)c(=O)c2=O)C(C)(C)c2c1ccc1ccccc21. The van der Waals surface area contributed by atoms with Crippen LogP contribution in [-0.4, -0.2) is 13.2 Å². The lowest BCUT2D eigenvalue weighted by Crippen LogP contribution is -2.36. The van der Waals surface area contributed by atoms with E-state index in [9.17, 15) is 9.59 Å². The largest absolute Gasteiger partial charge is 0.489 e. The molecule has 0 amide bonds. The second kappa shape index (κ2) is 7.18. The van der Waals surface area contributed by atoms with Gasteiger partial charge in [-0.25, -0.2) is 0 Å². The van der Waals surface area contributed by atoms with Crippen LogP contribution in [0.2, 0.25) is 0 Å². The fourth-order valence-electron chi connectivity index (χ4n) is 4.50. The molecule has 0 aliphatic carbocycles. The summed E-state index contributed by atoms with van der Waals surface area (Å²) in [6.45, 7) is 9.63. The van der Waals surface area contributed by atoms with Gasteiger partial charge in [0.05, 0.1) is 12.2 Å². The maximum Gasteiger partial charge on any atom is 0.268 e. The molecule has 0 radical (unpaired) electrons. The van der Waals surface area contributed by atoms with Crippen LogP contribution in [0.3, 0.4) is 0 Å². The molecule has 1 aliphatic rings. The highest BCUT2D eigenvalue weighted by Crippen LogP contribution is 2.51. The molecular formula is C25H27NO3. The summed E-state index contributed by atoms with van der Waals surface area (Å²) in [5.74, 6) is 0.206. The van der Waals surface area contributed by atoms with Crippen molar-refractivity contribution in [1.82, 2.24) is 0 Å². The van der Waals surface area contributed by atoms with Crippen LogP contribution in [0.15, 0.2) is 51.7 Å². The number of anilines is 1. The Hall–Kier alpha value is -2.88. The lowest BCUT2D eigenvalue weighted by atomic mass is 9.80. The zero-order valence-corrected chi connectivity index (χ0v) is 17.5. The van der Waals surface area contributed by atoms with E-state index in [1.165, 1.54) is 22.0 Å². The van der Waals surface area contributed by atoms with Gasteiger partial charge in [-0.2, -0.15) is 0 Å². The quantitative estimate of drug-likeness (QED) is 0.570. The smallest absolute Gasteiger partial charge is 0.268 e. The van der Waals surface area contributed by atoms with Crippen LogP contribution in [0.5, 0.6) is 5.75 Å². The molecule has 0 unspecified atom stereocenters. The molecule has 4 rings (SSSR count). The Morgan fingerprint density at radius 3 is 2.52 bits per heavy atom. The number of ether oxygens (including phenoxy) is 1. The van der Waals surface area contributed by atoms with Gasteiger partial charge in [0.1, 0.15) is 0 Å². The fraction of sp³-hybridized carbons (Fsp3) is 0.360. The number of fused-ring (bicyclic) bond motifs is 3. The van der Waals surface area contributed by atoms with Crippen molar-refractivity contribution in [3.05, 3.63) is 73.7 Å². The van der Waals surface area contributed by atoms with Gasteiger partial charge in [-0.05, 0) is 41.8 Å². The summed E-state index contributed by atoms with van der Waals surface area (Å²) in [6, 6.07) is 12.8. The molecule has 0 aromatic heterocycles. The second-order valence-corrected chi connectivity index (χ2v) is 8.17. The van der Waals surface area contributed by atoms with Gasteiger partial charge in [0.15, 0.2) is 5.75 Å². The molecule has 3 aromatic carbocycles. The summed E-state index contributed by atoms with van der Waals surface area (Å²) < 4.78 is 5.46. The molecular weight excluding hydrogens is 362 g/mol. The van der Waals surface area contributed by atoms with Crippen molar-refractivity contribution in [2.45, 2.75) is 46.0 Å². The summed E-state index contributed by atoms with van der Waals surface area (Å²) in [5, 5.41) is 2.44. The maximum absolute atomic E-state index is 12.3. The summed E-state index contributed by atoms with van der Waals surface area (Å²) in [5.41, 5.74) is 2.64. The maximum atomic E-state index is 12.3. The monoisotopic (exact) mass is 389 g/mol. The van der Waals surface area contributed by atoms with Crippen LogP contribution >= 0.6 is 0 Å². The third-order valence-electron chi connectivity index (χ3n) is 5.96. The van der Waals surface area contributed by atoms with Gasteiger partial charge in [0.2, 0.25) is 5.43 Å². The van der Waals surface area contributed by atoms with Crippen LogP contribution in [-0.2, 0) is 5.41 Å². The van der Waals surface area contributed by atoms with Crippen molar-refractivity contribution in [3.8, 4) is 5.75 Å². The first kappa shape index (κ1) is 19.4.